The lowest BCUT2D eigenvalue weighted by molar-refractivity contribution is 0.00700. The normalized spacial score (nSPS) is 11.1. The zero-order chi connectivity index (χ0) is 11.2. The van der Waals surface area contributed by atoms with Gasteiger partial charge in [0.05, 0.1) is 12.2 Å². The monoisotopic (exact) mass is 218 g/mol. The second kappa shape index (κ2) is 5.87. The highest BCUT2D eigenvalue weighted by Crippen LogP contribution is 2.09. The number of nitrogens with zero attached hydrogens (tertiary/aromatic N) is 1. The number of amidine groups is 1. The van der Waals surface area contributed by atoms with Crippen molar-refractivity contribution < 1.29 is 4.74 Å². The minimum atomic E-state index is -0.140. The molecule has 0 heterocycles. The van der Waals surface area contributed by atoms with Crippen LogP contribution in [0, 0.1) is 5.41 Å². The molecule has 0 rings (SSSR count). The predicted octanol–water partition coefficient (Wildman–Crippen LogP) is 0.743. The van der Waals surface area contributed by atoms with Crippen LogP contribution < -0.4 is 11.5 Å². The molecule has 0 aromatic heterocycles. The predicted molar refractivity (Wildman–Crippen MR) is 61.7 cm³/mol. The summed E-state index contributed by atoms with van der Waals surface area (Å²) in [6.45, 7) is 6.54. The molecule has 82 valence electrons. The molecule has 0 saturated heterocycles. The van der Waals surface area contributed by atoms with Gasteiger partial charge in [0, 0.05) is 5.75 Å². The molecule has 0 fully saturated rings. The van der Waals surface area contributed by atoms with Crippen LogP contribution in [0.15, 0.2) is 4.99 Å². The Labute approximate surface area is 88.8 Å². The molecule has 0 aliphatic carbocycles. The van der Waals surface area contributed by atoms with E-state index in [1.807, 2.05) is 20.8 Å². The Bertz CT molecular complexity index is 218. The van der Waals surface area contributed by atoms with Gasteiger partial charge in [0.25, 0.3) is 0 Å². The highest BCUT2D eigenvalue weighted by molar-refractivity contribution is 8.13. The van der Waals surface area contributed by atoms with E-state index in [1.54, 1.807) is 0 Å². The van der Waals surface area contributed by atoms with Crippen LogP contribution in [-0.4, -0.2) is 29.1 Å². The molecule has 0 atom stereocenters. The third-order valence-electron chi connectivity index (χ3n) is 1.09. The van der Waals surface area contributed by atoms with E-state index in [2.05, 4.69) is 4.99 Å². The Kier molecular flexibility index (Phi) is 5.56. The lowest BCUT2D eigenvalue weighted by atomic mass is 10.2. The van der Waals surface area contributed by atoms with Crippen molar-refractivity contribution in [2.45, 2.75) is 26.4 Å². The first kappa shape index (κ1) is 13.2. The second-order valence-corrected chi connectivity index (χ2v) is 4.73. The topological polar surface area (TPSA) is 97.5 Å². The Hall–Kier alpha value is -0.750. The maximum absolute atomic E-state index is 7.31. The Balaban J connectivity index is 3.56. The average Bonchev–Trinajstić information content (AvgIpc) is 1.95. The van der Waals surface area contributed by atoms with E-state index in [9.17, 15) is 0 Å². The molecule has 14 heavy (non-hydrogen) atoms. The number of aliphatic imine (C=N–C) groups is 1. The van der Waals surface area contributed by atoms with Gasteiger partial charge >= 0.3 is 0 Å². The van der Waals surface area contributed by atoms with Crippen LogP contribution in [0.2, 0.25) is 0 Å². The fourth-order valence-corrected chi connectivity index (χ4v) is 1.17. The van der Waals surface area contributed by atoms with Crippen molar-refractivity contribution >= 4 is 22.9 Å². The summed E-state index contributed by atoms with van der Waals surface area (Å²) in [6.07, 6.45) is 0. The number of hydrogen-bond acceptors (Lipinski definition) is 3. The zero-order valence-electron chi connectivity index (χ0n) is 8.83. The average molecular weight is 218 g/mol. The van der Waals surface area contributed by atoms with E-state index in [0.717, 1.165) is 0 Å². The number of thioether (sulfide) groups is 1. The van der Waals surface area contributed by atoms with Crippen molar-refractivity contribution in [2.24, 2.45) is 16.5 Å². The maximum Gasteiger partial charge on any atom is 0.193 e. The standard InChI is InChI=1S/C8H18N4OS/c1-8(2,3)13-4-5-14-7(11)12-6(9)10/h4-5H2,1-3H3,(H5,9,10,11,12). The molecule has 0 aromatic rings. The van der Waals surface area contributed by atoms with Gasteiger partial charge in [-0.2, -0.15) is 4.99 Å². The molecule has 0 aliphatic heterocycles. The summed E-state index contributed by atoms with van der Waals surface area (Å²) in [7, 11) is 0. The van der Waals surface area contributed by atoms with Crippen LogP contribution in [0.3, 0.4) is 0 Å². The number of hydrogen-bond donors (Lipinski definition) is 3. The summed E-state index contributed by atoms with van der Waals surface area (Å²) in [5.41, 5.74) is 10.1. The Morgan fingerprint density at radius 2 is 2.00 bits per heavy atom. The molecular formula is C8H18N4OS. The molecule has 0 aromatic carbocycles. The minimum Gasteiger partial charge on any atom is -0.375 e. The third kappa shape index (κ3) is 9.34. The number of nitrogens with one attached hydrogen (secondary N) is 1. The molecule has 0 radical (unpaired) electrons. The molecule has 5 nitrogen and oxygen atoms in total. The van der Waals surface area contributed by atoms with Gasteiger partial charge < -0.3 is 16.2 Å². The molecule has 0 spiro atoms. The van der Waals surface area contributed by atoms with Crippen LogP contribution in [0.25, 0.3) is 0 Å². The maximum atomic E-state index is 7.31. The lowest BCUT2D eigenvalue weighted by Crippen LogP contribution is -2.24. The first-order chi connectivity index (χ1) is 6.31. The van der Waals surface area contributed by atoms with Gasteiger partial charge in [-0.3, -0.25) is 5.41 Å². The van der Waals surface area contributed by atoms with Gasteiger partial charge in [0.1, 0.15) is 0 Å². The molecule has 6 heteroatoms. The van der Waals surface area contributed by atoms with Crippen molar-refractivity contribution in [1.82, 2.24) is 0 Å². The Morgan fingerprint density at radius 1 is 1.43 bits per heavy atom. The fraction of sp³-hybridized carbons (Fsp3) is 0.750. The van der Waals surface area contributed by atoms with E-state index in [4.69, 9.17) is 21.6 Å². The number of rotatable bonds is 3. The zero-order valence-corrected chi connectivity index (χ0v) is 9.65. The molecule has 0 amide bonds. The largest absolute Gasteiger partial charge is 0.375 e. The second-order valence-electron chi connectivity index (χ2n) is 3.65. The van der Waals surface area contributed by atoms with Crippen molar-refractivity contribution in [2.75, 3.05) is 12.4 Å². The summed E-state index contributed by atoms with van der Waals surface area (Å²) in [5, 5.41) is 7.43. The molecule has 0 unspecified atom stereocenters. The first-order valence-corrected chi connectivity index (χ1v) is 5.25. The van der Waals surface area contributed by atoms with Gasteiger partial charge in [0.15, 0.2) is 11.1 Å². The van der Waals surface area contributed by atoms with Gasteiger partial charge in [-0.25, -0.2) is 0 Å². The smallest absolute Gasteiger partial charge is 0.193 e. The summed E-state index contributed by atoms with van der Waals surface area (Å²) in [4.78, 5) is 3.57. The van der Waals surface area contributed by atoms with Gasteiger partial charge in [-0.1, -0.05) is 11.8 Å². The molecular weight excluding hydrogens is 200 g/mol. The van der Waals surface area contributed by atoms with Crippen LogP contribution in [0.4, 0.5) is 0 Å². The van der Waals surface area contributed by atoms with Crippen molar-refractivity contribution in [3.63, 3.8) is 0 Å². The summed E-state index contributed by atoms with van der Waals surface area (Å²) in [5.74, 6) is 0.589. The van der Waals surface area contributed by atoms with E-state index >= 15 is 0 Å². The third-order valence-corrected chi connectivity index (χ3v) is 1.82. The van der Waals surface area contributed by atoms with E-state index in [0.29, 0.717) is 12.4 Å². The first-order valence-electron chi connectivity index (χ1n) is 4.26. The highest BCUT2D eigenvalue weighted by atomic mass is 32.2. The Morgan fingerprint density at radius 3 is 2.43 bits per heavy atom. The molecule has 5 N–H and O–H groups in total. The molecule has 0 saturated carbocycles. The quantitative estimate of drug-likeness (QED) is 0.370. The van der Waals surface area contributed by atoms with Crippen molar-refractivity contribution in [3.8, 4) is 0 Å². The van der Waals surface area contributed by atoms with E-state index in [1.165, 1.54) is 11.8 Å². The SMILES string of the molecule is CC(C)(C)OCCSC(=N)N=C(N)N. The number of ether oxygens (including phenoxy) is 1. The van der Waals surface area contributed by atoms with E-state index in [-0.39, 0.29) is 16.7 Å². The van der Waals surface area contributed by atoms with Crippen LogP contribution >= 0.6 is 11.8 Å². The molecule has 0 bridgehead atoms. The van der Waals surface area contributed by atoms with Gasteiger partial charge in [-0.05, 0) is 20.8 Å². The van der Waals surface area contributed by atoms with Gasteiger partial charge in [0.2, 0.25) is 0 Å². The fourth-order valence-electron chi connectivity index (χ4n) is 0.636. The van der Waals surface area contributed by atoms with Crippen LogP contribution in [-0.2, 0) is 4.74 Å². The van der Waals surface area contributed by atoms with Crippen LogP contribution in [0.1, 0.15) is 20.8 Å². The van der Waals surface area contributed by atoms with Crippen molar-refractivity contribution in [3.05, 3.63) is 0 Å². The number of guanidine groups is 1. The van der Waals surface area contributed by atoms with E-state index < -0.39 is 0 Å². The molecule has 0 aliphatic rings. The highest BCUT2D eigenvalue weighted by Gasteiger charge is 2.09. The van der Waals surface area contributed by atoms with Gasteiger partial charge in [-0.15, -0.1) is 0 Å². The summed E-state index contributed by atoms with van der Waals surface area (Å²) >= 11 is 1.26. The summed E-state index contributed by atoms with van der Waals surface area (Å²) < 4.78 is 5.46. The minimum absolute atomic E-state index is 0.0840. The number of nitrogens with two attached hydrogens (primary N) is 2. The lowest BCUT2D eigenvalue weighted by Gasteiger charge is -2.18. The van der Waals surface area contributed by atoms with Crippen molar-refractivity contribution in [1.29, 1.82) is 5.41 Å². The van der Waals surface area contributed by atoms with Crippen LogP contribution in [0.5, 0.6) is 0 Å². The summed E-state index contributed by atoms with van der Waals surface area (Å²) in [6, 6.07) is 0.